The largest absolute Gasteiger partial charge is 0.324 e. The summed E-state index contributed by atoms with van der Waals surface area (Å²) in [7, 11) is 1.28. The average Bonchev–Trinajstić information content (AvgIpc) is 2.33. The molecule has 1 atom stereocenters. The van der Waals surface area contributed by atoms with E-state index >= 15 is 0 Å². The maximum absolute atomic E-state index is 11.5. The Morgan fingerprint density at radius 2 is 1.79 bits per heavy atom. The SMILES string of the molecule is O=C1CC(c2cccc3ccccc23)N1S(=O)(=O)Cl. The summed E-state index contributed by atoms with van der Waals surface area (Å²) in [6.07, 6.45) is 0.167. The number of hydrogen-bond donors (Lipinski definition) is 0. The van der Waals surface area contributed by atoms with E-state index in [4.69, 9.17) is 10.7 Å². The predicted octanol–water partition coefficient (Wildman–Crippen LogP) is 2.60. The molecule has 3 rings (SSSR count). The first-order valence-electron chi connectivity index (χ1n) is 5.73. The minimum atomic E-state index is -4.03. The summed E-state index contributed by atoms with van der Waals surface area (Å²) < 4.78 is 23.6. The molecule has 1 heterocycles. The summed E-state index contributed by atoms with van der Waals surface area (Å²) in [5.41, 5.74) is 0.807. The lowest BCUT2D eigenvalue weighted by atomic mass is 9.92. The van der Waals surface area contributed by atoms with Crippen LogP contribution in [-0.4, -0.2) is 18.6 Å². The van der Waals surface area contributed by atoms with Gasteiger partial charge in [-0.1, -0.05) is 42.5 Å². The van der Waals surface area contributed by atoms with Crippen LogP contribution in [0.15, 0.2) is 42.5 Å². The molecule has 1 aliphatic rings. The number of halogens is 1. The fraction of sp³-hybridized carbons (Fsp3) is 0.154. The Kier molecular flexibility index (Phi) is 2.76. The Labute approximate surface area is 115 Å². The van der Waals surface area contributed by atoms with Crippen LogP contribution in [0.25, 0.3) is 10.8 Å². The van der Waals surface area contributed by atoms with E-state index in [-0.39, 0.29) is 6.42 Å². The van der Waals surface area contributed by atoms with E-state index < -0.39 is 21.2 Å². The van der Waals surface area contributed by atoms with E-state index in [0.717, 1.165) is 20.6 Å². The summed E-state index contributed by atoms with van der Waals surface area (Å²) in [5.74, 6) is -0.465. The van der Waals surface area contributed by atoms with Crippen molar-refractivity contribution in [1.82, 2.24) is 4.31 Å². The molecule has 0 saturated carbocycles. The third-order valence-electron chi connectivity index (χ3n) is 3.31. The maximum atomic E-state index is 11.5. The molecule has 0 bridgehead atoms. The van der Waals surface area contributed by atoms with E-state index in [1.54, 1.807) is 0 Å². The Bertz CT molecular complexity index is 767. The number of amides is 1. The highest BCUT2D eigenvalue weighted by Crippen LogP contribution is 2.40. The number of β-lactam (4-membered cyclic amide) rings is 1. The molecule has 2 aromatic rings. The second kappa shape index (κ2) is 4.21. The van der Waals surface area contributed by atoms with Crippen molar-refractivity contribution < 1.29 is 13.2 Å². The molecule has 1 saturated heterocycles. The second-order valence-electron chi connectivity index (χ2n) is 4.42. The Balaban J connectivity index is 2.14. The maximum Gasteiger partial charge on any atom is 0.324 e. The van der Waals surface area contributed by atoms with Crippen LogP contribution in [0.3, 0.4) is 0 Å². The normalized spacial score (nSPS) is 19.5. The van der Waals surface area contributed by atoms with Gasteiger partial charge in [-0.05, 0) is 16.3 Å². The van der Waals surface area contributed by atoms with Crippen molar-refractivity contribution in [3.63, 3.8) is 0 Å². The van der Waals surface area contributed by atoms with E-state index in [0.29, 0.717) is 0 Å². The monoisotopic (exact) mass is 295 g/mol. The number of carbonyl (C=O) groups is 1. The fourth-order valence-electron chi connectivity index (χ4n) is 2.45. The van der Waals surface area contributed by atoms with Crippen molar-refractivity contribution in [3.05, 3.63) is 48.0 Å². The van der Waals surface area contributed by atoms with Gasteiger partial charge in [0.1, 0.15) is 0 Å². The van der Waals surface area contributed by atoms with Gasteiger partial charge in [-0.2, -0.15) is 8.42 Å². The standard InChI is InChI=1S/C13H10ClNO3S/c14-19(17,18)15-12(8-13(15)16)11-7-3-5-9-4-1-2-6-10(9)11/h1-7,12H,8H2. The van der Waals surface area contributed by atoms with Gasteiger partial charge in [0.15, 0.2) is 0 Å². The van der Waals surface area contributed by atoms with Crippen molar-refractivity contribution >= 4 is 36.6 Å². The molecule has 1 unspecified atom stereocenters. The first-order chi connectivity index (χ1) is 8.98. The minimum absolute atomic E-state index is 0.167. The summed E-state index contributed by atoms with van der Waals surface area (Å²) in [6, 6.07) is 12.8. The second-order valence-corrected chi connectivity index (χ2v) is 6.81. The fourth-order valence-corrected chi connectivity index (χ4v) is 3.78. The number of rotatable bonds is 2. The molecule has 98 valence electrons. The number of hydrogen-bond acceptors (Lipinski definition) is 3. The Morgan fingerprint density at radius 1 is 1.11 bits per heavy atom. The van der Waals surface area contributed by atoms with Crippen LogP contribution < -0.4 is 0 Å². The molecular weight excluding hydrogens is 286 g/mol. The molecular formula is C13H10ClNO3S. The third kappa shape index (κ3) is 1.99. The molecule has 0 aromatic heterocycles. The first-order valence-corrected chi connectivity index (χ1v) is 7.99. The van der Waals surface area contributed by atoms with Gasteiger partial charge in [0.05, 0.1) is 12.5 Å². The van der Waals surface area contributed by atoms with Gasteiger partial charge in [0.25, 0.3) is 0 Å². The van der Waals surface area contributed by atoms with E-state index in [9.17, 15) is 13.2 Å². The van der Waals surface area contributed by atoms with Crippen LogP contribution in [0.2, 0.25) is 0 Å². The van der Waals surface area contributed by atoms with E-state index in [1.807, 2.05) is 42.5 Å². The number of fused-ring (bicyclic) bond motifs is 1. The van der Waals surface area contributed by atoms with Gasteiger partial charge in [-0.3, -0.25) is 4.79 Å². The number of benzene rings is 2. The molecule has 1 amide bonds. The third-order valence-corrected chi connectivity index (χ3v) is 4.69. The Morgan fingerprint density at radius 3 is 2.47 bits per heavy atom. The molecule has 0 aliphatic carbocycles. The predicted molar refractivity (Wildman–Crippen MR) is 72.9 cm³/mol. The number of nitrogens with zero attached hydrogens (tertiary/aromatic N) is 1. The van der Waals surface area contributed by atoms with Gasteiger partial charge in [-0.25, -0.2) is 4.31 Å². The highest BCUT2D eigenvalue weighted by Gasteiger charge is 2.45. The summed E-state index contributed by atoms with van der Waals surface area (Å²) in [6.45, 7) is 0. The van der Waals surface area contributed by atoms with Crippen LogP contribution in [-0.2, 0) is 14.0 Å². The van der Waals surface area contributed by atoms with Gasteiger partial charge in [0.2, 0.25) is 5.91 Å². The van der Waals surface area contributed by atoms with Crippen LogP contribution in [0.4, 0.5) is 0 Å². The molecule has 19 heavy (non-hydrogen) atoms. The first kappa shape index (κ1) is 12.4. The lowest BCUT2D eigenvalue weighted by Crippen LogP contribution is -2.48. The molecule has 0 N–H and O–H groups in total. The summed E-state index contributed by atoms with van der Waals surface area (Å²) >= 11 is 0. The van der Waals surface area contributed by atoms with Gasteiger partial charge in [-0.15, -0.1) is 0 Å². The van der Waals surface area contributed by atoms with Gasteiger partial charge < -0.3 is 0 Å². The van der Waals surface area contributed by atoms with Crippen LogP contribution in [0.1, 0.15) is 18.0 Å². The molecule has 0 radical (unpaired) electrons. The quantitative estimate of drug-likeness (QED) is 0.632. The van der Waals surface area contributed by atoms with Crippen LogP contribution in [0.5, 0.6) is 0 Å². The van der Waals surface area contributed by atoms with Crippen molar-refractivity contribution in [2.45, 2.75) is 12.5 Å². The van der Waals surface area contributed by atoms with Crippen molar-refractivity contribution in [2.24, 2.45) is 0 Å². The highest BCUT2D eigenvalue weighted by atomic mass is 35.7. The lowest BCUT2D eigenvalue weighted by molar-refractivity contribution is -0.137. The molecule has 0 spiro atoms. The Hall–Kier alpha value is -1.59. The smallest absolute Gasteiger partial charge is 0.274 e. The van der Waals surface area contributed by atoms with Crippen molar-refractivity contribution in [1.29, 1.82) is 0 Å². The van der Waals surface area contributed by atoms with Gasteiger partial charge in [0, 0.05) is 10.7 Å². The summed E-state index contributed by atoms with van der Waals surface area (Å²) in [5, 5.41) is 1.94. The molecule has 1 aliphatic heterocycles. The molecule has 6 heteroatoms. The average molecular weight is 296 g/mol. The zero-order valence-electron chi connectivity index (χ0n) is 9.78. The topological polar surface area (TPSA) is 54.5 Å². The molecule has 1 fully saturated rings. The lowest BCUT2D eigenvalue weighted by Gasteiger charge is -2.37. The van der Waals surface area contributed by atoms with E-state index in [2.05, 4.69) is 0 Å². The zero-order valence-corrected chi connectivity index (χ0v) is 11.4. The highest BCUT2D eigenvalue weighted by molar-refractivity contribution is 8.12. The van der Waals surface area contributed by atoms with Crippen molar-refractivity contribution in [3.8, 4) is 0 Å². The summed E-state index contributed by atoms with van der Waals surface area (Å²) in [4.78, 5) is 11.5. The van der Waals surface area contributed by atoms with Crippen LogP contribution in [0, 0.1) is 0 Å². The van der Waals surface area contributed by atoms with Crippen LogP contribution >= 0.6 is 10.7 Å². The van der Waals surface area contributed by atoms with E-state index in [1.165, 1.54) is 0 Å². The van der Waals surface area contributed by atoms with Gasteiger partial charge >= 0.3 is 9.24 Å². The zero-order chi connectivity index (χ0) is 13.6. The minimum Gasteiger partial charge on any atom is -0.274 e. The molecule has 4 nitrogen and oxygen atoms in total. The van der Waals surface area contributed by atoms with Crippen molar-refractivity contribution in [2.75, 3.05) is 0 Å². The number of carbonyl (C=O) groups excluding carboxylic acids is 1. The molecule has 2 aromatic carbocycles.